The van der Waals surface area contributed by atoms with Crippen LogP contribution in [0, 0.1) is 6.92 Å². The van der Waals surface area contributed by atoms with Gasteiger partial charge in [-0.3, -0.25) is 9.59 Å². The summed E-state index contributed by atoms with van der Waals surface area (Å²) in [6.07, 6.45) is -0.494. The molecule has 0 bridgehead atoms. The van der Waals surface area contributed by atoms with Gasteiger partial charge in [0.25, 0.3) is 0 Å². The first-order valence-electron chi connectivity index (χ1n) is 8.74. The van der Waals surface area contributed by atoms with Crippen LogP contribution >= 0.6 is 0 Å². The van der Waals surface area contributed by atoms with Gasteiger partial charge in [0.1, 0.15) is 6.10 Å². The standard InChI is InChI=1S/C22H20O4/c1-12-10-19-18(11-20(25-13(2)23)22(19)26-14(3)24)17-9-8-15-6-4-5-7-16(15)21(12)17/h4-10,20,22H,11H2,1-3H3. The van der Waals surface area contributed by atoms with Crippen molar-refractivity contribution in [2.45, 2.75) is 39.4 Å². The van der Waals surface area contributed by atoms with E-state index in [9.17, 15) is 9.59 Å². The molecular formula is C22H20O4. The maximum absolute atomic E-state index is 11.6. The highest BCUT2D eigenvalue weighted by molar-refractivity contribution is 6.10. The van der Waals surface area contributed by atoms with E-state index in [2.05, 4.69) is 37.3 Å². The summed E-state index contributed by atoms with van der Waals surface area (Å²) in [4.78, 5) is 23.1. The Morgan fingerprint density at radius 3 is 2.42 bits per heavy atom. The van der Waals surface area contributed by atoms with Gasteiger partial charge in [0.05, 0.1) is 0 Å². The number of esters is 2. The zero-order chi connectivity index (χ0) is 18.4. The third-order valence-corrected chi connectivity index (χ3v) is 5.03. The number of hydrogen-bond acceptors (Lipinski definition) is 4. The van der Waals surface area contributed by atoms with Crippen molar-refractivity contribution >= 4 is 33.5 Å². The zero-order valence-corrected chi connectivity index (χ0v) is 15.0. The predicted octanol–water partition coefficient (Wildman–Crippen LogP) is 4.39. The molecule has 0 radical (unpaired) electrons. The Labute approximate surface area is 151 Å². The molecule has 0 saturated carbocycles. The number of ether oxygens (including phenoxy) is 2. The summed E-state index contributed by atoms with van der Waals surface area (Å²) in [6.45, 7) is 4.83. The van der Waals surface area contributed by atoms with Crippen LogP contribution in [0.15, 0.2) is 42.5 Å². The Kier molecular flexibility index (Phi) is 3.91. The van der Waals surface area contributed by atoms with Crippen molar-refractivity contribution in [2.24, 2.45) is 0 Å². The van der Waals surface area contributed by atoms with Crippen molar-refractivity contribution in [3.05, 3.63) is 59.2 Å². The molecule has 4 rings (SSSR count). The van der Waals surface area contributed by atoms with Crippen LogP contribution in [0.25, 0.3) is 21.5 Å². The molecule has 2 atom stereocenters. The molecule has 3 aromatic rings. The number of aryl methyl sites for hydroxylation is 1. The average molecular weight is 348 g/mol. The first-order valence-corrected chi connectivity index (χ1v) is 8.74. The number of carbonyl (C=O) groups is 2. The fraction of sp³-hybridized carbons (Fsp3) is 0.273. The second kappa shape index (κ2) is 6.13. The van der Waals surface area contributed by atoms with Crippen molar-refractivity contribution in [1.82, 2.24) is 0 Å². The first kappa shape index (κ1) is 16.6. The van der Waals surface area contributed by atoms with Gasteiger partial charge in [-0.1, -0.05) is 42.5 Å². The maximum Gasteiger partial charge on any atom is 0.303 e. The molecule has 3 aromatic carbocycles. The fourth-order valence-electron chi connectivity index (χ4n) is 4.12. The van der Waals surface area contributed by atoms with Crippen LogP contribution in [0.3, 0.4) is 0 Å². The van der Waals surface area contributed by atoms with E-state index >= 15 is 0 Å². The topological polar surface area (TPSA) is 52.6 Å². The highest BCUT2D eigenvalue weighted by atomic mass is 16.6. The third-order valence-electron chi connectivity index (χ3n) is 5.03. The molecule has 0 amide bonds. The van der Waals surface area contributed by atoms with Crippen molar-refractivity contribution in [3.63, 3.8) is 0 Å². The normalized spacial score (nSPS) is 18.7. The molecule has 4 nitrogen and oxygen atoms in total. The largest absolute Gasteiger partial charge is 0.458 e. The molecule has 0 fully saturated rings. The van der Waals surface area contributed by atoms with Crippen LogP contribution in [0.4, 0.5) is 0 Å². The number of fused-ring (bicyclic) bond motifs is 5. The highest BCUT2D eigenvalue weighted by Crippen LogP contribution is 2.43. The lowest BCUT2D eigenvalue weighted by molar-refractivity contribution is -0.164. The molecule has 0 spiro atoms. The van der Waals surface area contributed by atoms with E-state index in [-0.39, 0.29) is 11.9 Å². The van der Waals surface area contributed by atoms with Gasteiger partial charge in [-0.15, -0.1) is 0 Å². The molecule has 2 unspecified atom stereocenters. The van der Waals surface area contributed by atoms with E-state index in [1.165, 1.54) is 30.0 Å². The minimum Gasteiger partial charge on any atom is -0.458 e. The lowest BCUT2D eigenvalue weighted by atomic mass is 9.92. The third kappa shape index (κ3) is 2.62. The van der Waals surface area contributed by atoms with Gasteiger partial charge < -0.3 is 9.47 Å². The van der Waals surface area contributed by atoms with Crippen molar-refractivity contribution < 1.29 is 19.1 Å². The Morgan fingerprint density at radius 1 is 0.962 bits per heavy atom. The van der Waals surface area contributed by atoms with Gasteiger partial charge in [0.2, 0.25) is 0 Å². The van der Waals surface area contributed by atoms with E-state index in [0.717, 1.165) is 22.1 Å². The summed E-state index contributed by atoms with van der Waals surface area (Å²) in [5, 5.41) is 4.72. The number of benzene rings is 3. The lowest BCUT2D eigenvalue weighted by Gasteiger charge is -2.20. The van der Waals surface area contributed by atoms with Crippen molar-refractivity contribution in [3.8, 4) is 0 Å². The quantitative estimate of drug-likeness (QED) is 0.509. The van der Waals surface area contributed by atoms with E-state index in [0.29, 0.717) is 6.42 Å². The van der Waals surface area contributed by atoms with Crippen LogP contribution < -0.4 is 0 Å². The molecule has 0 aliphatic heterocycles. The molecule has 0 saturated heterocycles. The molecule has 1 aliphatic rings. The lowest BCUT2D eigenvalue weighted by Crippen LogP contribution is -2.24. The Bertz CT molecular complexity index is 1050. The van der Waals surface area contributed by atoms with Crippen molar-refractivity contribution in [1.29, 1.82) is 0 Å². The summed E-state index contributed by atoms with van der Waals surface area (Å²) in [6, 6.07) is 14.6. The zero-order valence-electron chi connectivity index (χ0n) is 15.0. The van der Waals surface area contributed by atoms with Crippen LogP contribution in [-0.4, -0.2) is 18.0 Å². The summed E-state index contributed by atoms with van der Waals surface area (Å²) < 4.78 is 11.0. The van der Waals surface area contributed by atoms with E-state index in [4.69, 9.17) is 9.47 Å². The number of hydrogen-bond donors (Lipinski definition) is 0. The average Bonchev–Trinajstić information content (AvgIpc) is 2.91. The summed E-state index contributed by atoms with van der Waals surface area (Å²) in [5.41, 5.74) is 3.15. The molecule has 0 heterocycles. The van der Waals surface area contributed by atoms with Gasteiger partial charge >= 0.3 is 11.9 Å². The first-order chi connectivity index (χ1) is 12.5. The molecule has 1 aliphatic carbocycles. The second-order valence-corrected chi connectivity index (χ2v) is 6.85. The molecule has 26 heavy (non-hydrogen) atoms. The minimum atomic E-state index is -0.555. The Morgan fingerprint density at radius 2 is 1.69 bits per heavy atom. The smallest absolute Gasteiger partial charge is 0.303 e. The van der Waals surface area contributed by atoms with Gasteiger partial charge in [-0.2, -0.15) is 0 Å². The fourth-order valence-corrected chi connectivity index (χ4v) is 4.12. The van der Waals surface area contributed by atoms with E-state index in [1.54, 1.807) is 0 Å². The molecule has 132 valence electrons. The number of rotatable bonds is 2. The van der Waals surface area contributed by atoms with Crippen LogP contribution in [0.2, 0.25) is 0 Å². The van der Waals surface area contributed by atoms with E-state index in [1.807, 2.05) is 12.1 Å². The SMILES string of the molecule is CC(=O)OC1Cc2c(cc(C)c3c2ccc2ccccc23)C1OC(C)=O. The number of carbonyl (C=O) groups excluding carboxylic acids is 2. The van der Waals surface area contributed by atoms with Gasteiger partial charge in [-0.05, 0) is 39.6 Å². The maximum atomic E-state index is 11.6. The molecule has 4 heteroatoms. The van der Waals surface area contributed by atoms with Gasteiger partial charge in [0.15, 0.2) is 6.10 Å². The van der Waals surface area contributed by atoms with Crippen molar-refractivity contribution in [2.75, 3.05) is 0 Å². The van der Waals surface area contributed by atoms with Gasteiger partial charge in [-0.25, -0.2) is 0 Å². The molecule has 0 aromatic heterocycles. The monoisotopic (exact) mass is 348 g/mol. The van der Waals surface area contributed by atoms with Crippen LogP contribution in [-0.2, 0) is 25.5 Å². The predicted molar refractivity (Wildman–Crippen MR) is 100.0 cm³/mol. The van der Waals surface area contributed by atoms with Crippen LogP contribution in [0.1, 0.15) is 36.6 Å². The Balaban J connectivity index is 1.96. The Hall–Kier alpha value is -2.88. The highest BCUT2D eigenvalue weighted by Gasteiger charge is 2.38. The summed E-state index contributed by atoms with van der Waals surface area (Å²) in [7, 11) is 0. The van der Waals surface area contributed by atoms with E-state index < -0.39 is 12.2 Å². The summed E-state index contributed by atoms with van der Waals surface area (Å²) in [5.74, 6) is -0.748. The molecular weight excluding hydrogens is 328 g/mol. The van der Waals surface area contributed by atoms with Gasteiger partial charge in [0, 0.05) is 25.8 Å². The van der Waals surface area contributed by atoms with Crippen LogP contribution in [0.5, 0.6) is 0 Å². The summed E-state index contributed by atoms with van der Waals surface area (Å²) >= 11 is 0. The second-order valence-electron chi connectivity index (χ2n) is 6.85. The minimum absolute atomic E-state index is 0.369. The molecule has 0 N–H and O–H groups in total.